The molecule has 2 aromatic carbocycles. The topological polar surface area (TPSA) is 42.2 Å². The molecule has 0 aliphatic rings. The van der Waals surface area contributed by atoms with Gasteiger partial charge >= 0.3 is 0 Å². The van der Waals surface area contributed by atoms with Gasteiger partial charge < -0.3 is 9.67 Å². The lowest BCUT2D eigenvalue weighted by Crippen LogP contribution is -2.10. The molecule has 0 spiro atoms. The molecule has 3 rings (SSSR count). The van der Waals surface area contributed by atoms with Crippen LogP contribution >= 0.6 is 0 Å². The van der Waals surface area contributed by atoms with Crippen LogP contribution < -0.4 is 0 Å². The highest BCUT2D eigenvalue weighted by Crippen LogP contribution is 2.39. The van der Waals surface area contributed by atoms with Gasteiger partial charge in [-0.15, -0.1) is 0 Å². The fourth-order valence-corrected chi connectivity index (χ4v) is 3.91. The Kier molecular flexibility index (Phi) is 5.36. The molecular weight excluding hydrogens is 322 g/mol. The van der Waals surface area contributed by atoms with E-state index in [9.17, 15) is 9.90 Å². The van der Waals surface area contributed by atoms with Crippen LogP contribution in [0.15, 0.2) is 30.3 Å². The average Bonchev–Trinajstić information content (AvgIpc) is 2.92. The number of benzene rings is 2. The number of ketones is 1. The second-order valence-electron chi connectivity index (χ2n) is 7.56. The monoisotopic (exact) mass is 351 g/mol. The second kappa shape index (κ2) is 7.53. The van der Waals surface area contributed by atoms with Gasteiger partial charge in [0.25, 0.3) is 0 Å². The van der Waals surface area contributed by atoms with E-state index in [1.165, 1.54) is 19.3 Å². The number of aromatic nitrogens is 1. The fourth-order valence-electron chi connectivity index (χ4n) is 3.91. The molecule has 0 unspecified atom stereocenters. The Bertz CT molecular complexity index is 950. The standard InChI is InChI=1S/C23H29NO2/c1-5-6-7-8-11-16-14-19(25)21(23(26)15(2)3)22-20(16)17-12-9-10-13-18(17)24(22)4/h9-10,12-15,25H,5-8,11H2,1-4H3. The molecule has 0 fully saturated rings. The molecule has 26 heavy (non-hydrogen) atoms. The minimum atomic E-state index is -0.155. The number of aryl methyl sites for hydroxylation is 2. The summed E-state index contributed by atoms with van der Waals surface area (Å²) in [6.45, 7) is 5.98. The fraction of sp³-hybridized carbons (Fsp3) is 0.435. The number of hydrogen-bond acceptors (Lipinski definition) is 2. The van der Waals surface area contributed by atoms with Crippen LogP contribution in [0, 0.1) is 5.92 Å². The van der Waals surface area contributed by atoms with Crippen molar-refractivity contribution in [3.63, 3.8) is 0 Å². The summed E-state index contributed by atoms with van der Waals surface area (Å²) >= 11 is 0. The van der Waals surface area contributed by atoms with E-state index in [1.807, 2.05) is 39.1 Å². The first-order chi connectivity index (χ1) is 12.5. The number of phenols is 1. The van der Waals surface area contributed by atoms with Crippen LogP contribution in [0.1, 0.15) is 62.4 Å². The van der Waals surface area contributed by atoms with Crippen molar-refractivity contribution in [1.82, 2.24) is 4.57 Å². The Morgan fingerprint density at radius 2 is 1.88 bits per heavy atom. The summed E-state index contributed by atoms with van der Waals surface area (Å²) in [7, 11) is 1.99. The van der Waals surface area contributed by atoms with Gasteiger partial charge in [-0.1, -0.05) is 58.2 Å². The van der Waals surface area contributed by atoms with E-state index >= 15 is 0 Å². The molecule has 0 amide bonds. The van der Waals surface area contributed by atoms with Gasteiger partial charge in [0.15, 0.2) is 5.78 Å². The van der Waals surface area contributed by atoms with E-state index in [0.29, 0.717) is 5.56 Å². The normalized spacial score (nSPS) is 11.7. The van der Waals surface area contributed by atoms with Gasteiger partial charge in [-0.25, -0.2) is 0 Å². The summed E-state index contributed by atoms with van der Waals surface area (Å²) in [5.41, 5.74) is 3.58. The van der Waals surface area contributed by atoms with Crippen LogP contribution in [0.25, 0.3) is 21.8 Å². The Morgan fingerprint density at radius 3 is 2.58 bits per heavy atom. The zero-order chi connectivity index (χ0) is 18.8. The van der Waals surface area contributed by atoms with E-state index in [2.05, 4.69) is 23.6 Å². The maximum atomic E-state index is 12.8. The maximum absolute atomic E-state index is 12.8. The average molecular weight is 351 g/mol. The molecule has 138 valence electrons. The third-order valence-electron chi connectivity index (χ3n) is 5.30. The van der Waals surface area contributed by atoms with E-state index in [-0.39, 0.29) is 17.5 Å². The Morgan fingerprint density at radius 1 is 1.15 bits per heavy atom. The second-order valence-corrected chi connectivity index (χ2v) is 7.56. The highest BCUT2D eigenvalue weighted by Gasteiger charge is 2.24. The molecule has 0 aliphatic heterocycles. The van der Waals surface area contributed by atoms with Crippen molar-refractivity contribution >= 4 is 27.6 Å². The molecule has 1 heterocycles. The number of para-hydroxylation sites is 1. The van der Waals surface area contributed by atoms with E-state index in [1.54, 1.807) is 0 Å². The largest absolute Gasteiger partial charge is 0.507 e. The van der Waals surface area contributed by atoms with Crippen LogP contribution in [-0.4, -0.2) is 15.5 Å². The summed E-state index contributed by atoms with van der Waals surface area (Å²) in [4.78, 5) is 12.8. The molecule has 0 bridgehead atoms. The Balaban J connectivity index is 2.28. The lowest BCUT2D eigenvalue weighted by atomic mass is 9.93. The van der Waals surface area contributed by atoms with E-state index in [4.69, 9.17) is 0 Å². The van der Waals surface area contributed by atoms with Crippen LogP contribution in [0.3, 0.4) is 0 Å². The summed E-state index contributed by atoms with van der Waals surface area (Å²) in [6.07, 6.45) is 5.65. The highest BCUT2D eigenvalue weighted by molar-refractivity contribution is 6.19. The minimum absolute atomic E-state index is 0.00376. The van der Waals surface area contributed by atoms with Gasteiger partial charge in [0, 0.05) is 29.3 Å². The van der Waals surface area contributed by atoms with Crippen molar-refractivity contribution in [3.8, 4) is 5.75 Å². The SMILES string of the molecule is CCCCCCc1cc(O)c(C(=O)C(C)C)c2c1c1ccccc1n2C. The van der Waals surface area contributed by atoms with Crippen molar-refractivity contribution in [2.24, 2.45) is 13.0 Å². The number of carbonyl (C=O) groups excluding carboxylic acids is 1. The molecule has 0 radical (unpaired) electrons. The Hall–Kier alpha value is -2.29. The summed E-state index contributed by atoms with van der Waals surface area (Å²) in [5, 5.41) is 13.0. The van der Waals surface area contributed by atoms with Gasteiger partial charge in [-0.05, 0) is 30.5 Å². The zero-order valence-electron chi connectivity index (χ0n) is 16.3. The van der Waals surface area contributed by atoms with Crippen molar-refractivity contribution in [2.45, 2.75) is 52.9 Å². The van der Waals surface area contributed by atoms with Crippen molar-refractivity contribution in [2.75, 3.05) is 0 Å². The van der Waals surface area contributed by atoms with Gasteiger partial charge in [-0.3, -0.25) is 4.79 Å². The lowest BCUT2D eigenvalue weighted by Gasteiger charge is -2.13. The maximum Gasteiger partial charge on any atom is 0.171 e. The highest BCUT2D eigenvalue weighted by atomic mass is 16.3. The van der Waals surface area contributed by atoms with Gasteiger partial charge in [-0.2, -0.15) is 0 Å². The van der Waals surface area contributed by atoms with Crippen LogP contribution in [0.2, 0.25) is 0 Å². The van der Waals surface area contributed by atoms with E-state index in [0.717, 1.165) is 40.2 Å². The first kappa shape index (κ1) is 18.5. The third-order valence-corrected chi connectivity index (χ3v) is 5.30. The lowest BCUT2D eigenvalue weighted by molar-refractivity contribution is 0.0938. The molecule has 0 atom stereocenters. The number of rotatable bonds is 7. The summed E-state index contributed by atoms with van der Waals surface area (Å²) in [5.74, 6) is -0.0407. The number of hydrogen-bond donors (Lipinski definition) is 1. The quantitative estimate of drug-likeness (QED) is 0.419. The summed E-state index contributed by atoms with van der Waals surface area (Å²) in [6, 6.07) is 10.1. The molecule has 0 saturated heterocycles. The van der Waals surface area contributed by atoms with Gasteiger partial charge in [0.05, 0.1) is 11.1 Å². The Labute approximate surface area is 155 Å². The predicted molar refractivity (Wildman–Crippen MR) is 109 cm³/mol. The molecule has 1 aromatic heterocycles. The first-order valence-corrected chi connectivity index (χ1v) is 9.73. The molecule has 3 nitrogen and oxygen atoms in total. The number of phenolic OH excluding ortho intramolecular Hbond substituents is 1. The third kappa shape index (κ3) is 3.11. The number of nitrogens with zero attached hydrogens (tertiary/aromatic N) is 1. The summed E-state index contributed by atoms with van der Waals surface area (Å²) < 4.78 is 2.07. The van der Waals surface area contributed by atoms with E-state index < -0.39 is 0 Å². The molecule has 1 N–H and O–H groups in total. The number of aromatic hydroxyl groups is 1. The van der Waals surface area contributed by atoms with Gasteiger partial charge in [0.1, 0.15) is 5.75 Å². The first-order valence-electron chi connectivity index (χ1n) is 9.73. The molecule has 0 saturated carbocycles. The predicted octanol–water partition coefficient (Wildman–Crippen LogP) is 6.00. The molecule has 3 aromatic rings. The molecule has 3 heteroatoms. The van der Waals surface area contributed by atoms with Crippen molar-refractivity contribution in [3.05, 3.63) is 41.5 Å². The van der Waals surface area contributed by atoms with Crippen LogP contribution in [0.4, 0.5) is 0 Å². The van der Waals surface area contributed by atoms with Crippen molar-refractivity contribution in [1.29, 1.82) is 0 Å². The number of Topliss-reactive ketones (excluding diaryl/α,β-unsaturated/α-hetero) is 1. The molecule has 0 aliphatic carbocycles. The van der Waals surface area contributed by atoms with Crippen molar-refractivity contribution < 1.29 is 9.90 Å². The molecular formula is C23H29NO2. The van der Waals surface area contributed by atoms with Crippen LogP contribution in [-0.2, 0) is 13.5 Å². The smallest absolute Gasteiger partial charge is 0.171 e. The number of fused-ring (bicyclic) bond motifs is 3. The van der Waals surface area contributed by atoms with Gasteiger partial charge in [0.2, 0.25) is 0 Å². The zero-order valence-corrected chi connectivity index (χ0v) is 16.3. The number of carbonyl (C=O) groups is 1. The minimum Gasteiger partial charge on any atom is -0.507 e. The number of unbranched alkanes of at least 4 members (excludes halogenated alkanes) is 3. The van der Waals surface area contributed by atoms with Crippen LogP contribution in [0.5, 0.6) is 5.75 Å².